The van der Waals surface area contributed by atoms with Crippen LogP contribution in [0.15, 0.2) is 46.6 Å². The molecule has 3 rings (SSSR count). The maximum absolute atomic E-state index is 12.7. The third-order valence-corrected chi connectivity index (χ3v) is 7.05. The second-order valence-electron chi connectivity index (χ2n) is 6.45. The summed E-state index contributed by atoms with van der Waals surface area (Å²) in [7, 11) is -3.59. The first-order valence-corrected chi connectivity index (χ1v) is 11.6. The molecule has 1 aromatic heterocycles. The van der Waals surface area contributed by atoms with E-state index >= 15 is 0 Å². The highest BCUT2D eigenvalue weighted by molar-refractivity contribution is 7.99. The van der Waals surface area contributed by atoms with Crippen LogP contribution in [0, 0.1) is 0 Å². The number of alkyl halides is 3. The van der Waals surface area contributed by atoms with E-state index in [2.05, 4.69) is 15.3 Å². The quantitative estimate of drug-likeness (QED) is 0.481. The van der Waals surface area contributed by atoms with Gasteiger partial charge in [-0.25, -0.2) is 18.4 Å². The number of hydrogen-bond acceptors (Lipinski definition) is 7. The molecule has 0 spiro atoms. The van der Waals surface area contributed by atoms with Gasteiger partial charge in [0.25, 0.3) is 0 Å². The maximum Gasteiger partial charge on any atom is 0.433 e. The smallest absolute Gasteiger partial charge is 0.379 e. The lowest BCUT2D eigenvalue weighted by Crippen LogP contribution is -2.40. The van der Waals surface area contributed by atoms with E-state index in [1.54, 1.807) is 12.1 Å². The molecule has 0 unspecified atom stereocenters. The molecule has 1 aliphatic rings. The summed E-state index contributed by atoms with van der Waals surface area (Å²) in [6.07, 6.45) is -3.59. The highest BCUT2D eigenvalue weighted by atomic mass is 32.2. The van der Waals surface area contributed by atoms with E-state index in [4.69, 9.17) is 4.74 Å². The van der Waals surface area contributed by atoms with Gasteiger partial charge in [0, 0.05) is 25.8 Å². The predicted octanol–water partition coefficient (Wildman–Crippen LogP) is 1.92. The Labute approximate surface area is 181 Å². The Kier molecular flexibility index (Phi) is 7.51. The number of rotatable bonds is 7. The zero-order valence-corrected chi connectivity index (χ0v) is 17.8. The van der Waals surface area contributed by atoms with Crippen LogP contribution in [0.3, 0.4) is 0 Å². The second-order valence-corrected chi connectivity index (χ2v) is 9.33. The number of amides is 1. The van der Waals surface area contributed by atoms with Crippen molar-refractivity contribution in [2.75, 3.05) is 32.1 Å². The van der Waals surface area contributed by atoms with E-state index < -0.39 is 27.8 Å². The Hall–Kier alpha value is -2.22. The first kappa shape index (κ1) is 23.4. The van der Waals surface area contributed by atoms with Gasteiger partial charge in [0.1, 0.15) is 5.69 Å². The lowest BCUT2D eigenvalue weighted by atomic mass is 10.2. The minimum Gasteiger partial charge on any atom is -0.379 e. The minimum absolute atomic E-state index is 0.140. The second kappa shape index (κ2) is 9.94. The number of halogens is 3. The van der Waals surface area contributed by atoms with Crippen LogP contribution in [-0.4, -0.2) is 60.7 Å². The molecular weight excluding hydrogens is 457 g/mol. The average molecular weight is 477 g/mol. The number of nitrogens with one attached hydrogen (secondary N) is 1. The van der Waals surface area contributed by atoms with Crippen LogP contribution in [0.25, 0.3) is 0 Å². The van der Waals surface area contributed by atoms with Gasteiger partial charge in [-0.3, -0.25) is 4.79 Å². The molecule has 168 valence electrons. The van der Waals surface area contributed by atoms with Gasteiger partial charge in [-0.1, -0.05) is 23.9 Å². The van der Waals surface area contributed by atoms with Crippen molar-refractivity contribution in [3.8, 4) is 0 Å². The van der Waals surface area contributed by atoms with Crippen LogP contribution < -0.4 is 5.32 Å². The molecule has 1 N–H and O–H groups in total. The lowest BCUT2D eigenvalue weighted by molar-refractivity contribution is -0.141. The van der Waals surface area contributed by atoms with E-state index in [1.807, 2.05) is 0 Å². The molecule has 1 aromatic carbocycles. The van der Waals surface area contributed by atoms with Crippen molar-refractivity contribution in [1.82, 2.24) is 19.6 Å². The first-order chi connectivity index (χ1) is 14.7. The zero-order valence-electron chi connectivity index (χ0n) is 16.1. The zero-order chi connectivity index (χ0) is 22.5. The number of sulfonamides is 1. The summed E-state index contributed by atoms with van der Waals surface area (Å²) in [5, 5.41) is 2.47. The van der Waals surface area contributed by atoms with Gasteiger partial charge in [0.15, 0.2) is 5.16 Å². The first-order valence-electron chi connectivity index (χ1n) is 9.13. The summed E-state index contributed by atoms with van der Waals surface area (Å²) in [6.45, 7) is 1.45. The van der Waals surface area contributed by atoms with Crippen molar-refractivity contribution in [2.24, 2.45) is 0 Å². The van der Waals surface area contributed by atoms with Crippen LogP contribution >= 0.6 is 11.8 Å². The largest absolute Gasteiger partial charge is 0.433 e. The highest BCUT2D eigenvalue weighted by Gasteiger charge is 2.32. The molecule has 0 saturated carbocycles. The summed E-state index contributed by atoms with van der Waals surface area (Å²) >= 11 is 0.786. The molecule has 1 saturated heterocycles. The highest BCUT2D eigenvalue weighted by Crippen LogP contribution is 2.28. The standard InChI is InChI=1S/C18H19F3N4O4S2/c19-18(20,21)15-5-6-22-17(24-15)30-12-16(26)23-11-13-1-3-14(4-2-13)31(27,28)25-7-9-29-10-8-25/h1-6H,7-12H2,(H,23,26). The van der Waals surface area contributed by atoms with E-state index in [-0.39, 0.29) is 22.3 Å². The number of aromatic nitrogens is 2. The fraction of sp³-hybridized carbons (Fsp3) is 0.389. The molecule has 2 aromatic rings. The van der Waals surface area contributed by atoms with Gasteiger partial charge in [-0.05, 0) is 23.8 Å². The third kappa shape index (κ3) is 6.38. The van der Waals surface area contributed by atoms with Crippen LogP contribution in [-0.2, 0) is 32.3 Å². The molecular formula is C18H19F3N4O4S2. The molecule has 2 heterocycles. The fourth-order valence-corrected chi connectivity index (χ4v) is 4.73. The third-order valence-electron chi connectivity index (χ3n) is 4.28. The molecule has 1 fully saturated rings. The monoisotopic (exact) mass is 476 g/mol. The van der Waals surface area contributed by atoms with Crippen molar-refractivity contribution in [3.05, 3.63) is 47.8 Å². The molecule has 0 radical (unpaired) electrons. The Bertz CT molecular complexity index is 1010. The molecule has 8 nitrogen and oxygen atoms in total. The van der Waals surface area contributed by atoms with Gasteiger partial charge in [-0.15, -0.1) is 0 Å². The summed E-state index contributed by atoms with van der Waals surface area (Å²) < 4.78 is 69.7. The molecule has 1 amide bonds. The number of morpholine rings is 1. The van der Waals surface area contributed by atoms with Crippen molar-refractivity contribution in [2.45, 2.75) is 22.8 Å². The Morgan fingerprint density at radius 3 is 2.48 bits per heavy atom. The van der Waals surface area contributed by atoms with Crippen molar-refractivity contribution >= 4 is 27.7 Å². The summed E-state index contributed by atoms with van der Waals surface area (Å²) in [5.41, 5.74) is -0.396. The van der Waals surface area contributed by atoms with Crippen molar-refractivity contribution in [1.29, 1.82) is 0 Å². The van der Waals surface area contributed by atoms with Crippen molar-refractivity contribution in [3.63, 3.8) is 0 Å². The minimum atomic E-state index is -4.58. The average Bonchev–Trinajstić information content (AvgIpc) is 2.77. The molecule has 31 heavy (non-hydrogen) atoms. The van der Waals surface area contributed by atoms with Gasteiger partial charge >= 0.3 is 6.18 Å². The van der Waals surface area contributed by atoms with Gasteiger partial charge in [0.05, 0.1) is 23.9 Å². The number of thioether (sulfide) groups is 1. The summed E-state index contributed by atoms with van der Waals surface area (Å²) in [5.74, 6) is -0.582. The summed E-state index contributed by atoms with van der Waals surface area (Å²) in [4.78, 5) is 19.2. The van der Waals surface area contributed by atoms with Gasteiger partial charge in [0.2, 0.25) is 15.9 Å². The number of carbonyl (C=O) groups excluding carboxylic acids is 1. The molecule has 0 bridgehead atoms. The molecule has 0 aliphatic carbocycles. The van der Waals surface area contributed by atoms with Crippen LogP contribution in [0.5, 0.6) is 0 Å². The number of hydrogen-bond donors (Lipinski definition) is 1. The predicted molar refractivity (Wildman–Crippen MR) is 106 cm³/mol. The van der Waals surface area contributed by atoms with Crippen LogP contribution in [0.1, 0.15) is 11.3 Å². The van der Waals surface area contributed by atoms with Crippen LogP contribution in [0.4, 0.5) is 13.2 Å². The molecule has 1 aliphatic heterocycles. The van der Waals surface area contributed by atoms with Crippen molar-refractivity contribution < 1.29 is 31.1 Å². The van der Waals surface area contributed by atoms with Gasteiger partial charge < -0.3 is 10.1 Å². The Balaban J connectivity index is 1.50. The Morgan fingerprint density at radius 2 is 1.84 bits per heavy atom. The normalized spacial score (nSPS) is 15.6. The SMILES string of the molecule is O=C(CSc1nccc(C(F)(F)F)n1)NCc1ccc(S(=O)(=O)N2CCOCC2)cc1. The number of carbonyl (C=O) groups is 1. The van der Waals surface area contributed by atoms with Crippen LogP contribution in [0.2, 0.25) is 0 Å². The van der Waals surface area contributed by atoms with E-state index in [1.165, 1.54) is 16.4 Å². The van der Waals surface area contributed by atoms with E-state index in [0.29, 0.717) is 31.9 Å². The van der Waals surface area contributed by atoms with E-state index in [0.717, 1.165) is 24.0 Å². The number of nitrogens with zero attached hydrogens (tertiary/aromatic N) is 3. The number of ether oxygens (including phenoxy) is 1. The fourth-order valence-electron chi connectivity index (χ4n) is 2.67. The topological polar surface area (TPSA) is 101 Å². The molecule has 13 heteroatoms. The Morgan fingerprint density at radius 1 is 1.16 bits per heavy atom. The van der Waals surface area contributed by atoms with E-state index in [9.17, 15) is 26.4 Å². The lowest BCUT2D eigenvalue weighted by Gasteiger charge is -2.26. The summed E-state index contributed by atoms with van der Waals surface area (Å²) in [6, 6.07) is 6.88. The molecule has 0 atom stereocenters. The maximum atomic E-state index is 12.7. The van der Waals surface area contributed by atoms with Gasteiger partial charge in [-0.2, -0.15) is 17.5 Å². The number of benzene rings is 1.